The van der Waals surface area contributed by atoms with Crippen LogP contribution < -0.4 is 4.74 Å². The second kappa shape index (κ2) is 5.48. The number of hydrogen-bond donors (Lipinski definition) is 0. The summed E-state index contributed by atoms with van der Waals surface area (Å²) in [5.74, 6) is 0.901. The van der Waals surface area contributed by atoms with Gasteiger partial charge >= 0.3 is 0 Å². The number of thioether (sulfide) groups is 1. The minimum atomic E-state index is 0.508. The molecule has 0 amide bonds. The van der Waals surface area contributed by atoms with Crippen LogP contribution in [-0.4, -0.2) is 11.9 Å². The van der Waals surface area contributed by atoms with Gasteiger partial charge in [-0.15, -0.1) is 11.8 Å². The molecule has 0 bridgehead atoms. The van der Waals surface area contributed by atoms with Crippen molar-refractivity contribution < 1.29 is 4.74 Å². The van der Waals surface area contributed by atoms with Crippen LogP contribution in [0.5, 0.6) is 5.75 Å². The molecule has 0 fully saturated rings. The highest BCUT2D eigenvalue weighted by atomic mass is 35.5. The zero-order valence-electron chi connectivity index (χ0n) is 10.7. The number of benzene rings is 2. The van der Waals surface area contributed by atoms with Gasteiger partial charge in [-0.3, -0.25) is 0 Å². The van der Waals surface area contributed by atoms with E-state index in [4.69, 9.17) is 16.3 Å². The number of ether oxygens (including phenoxy) is 1. The Kier molecular flexibility index (Phi) is 3.72. The molecule has 1 aliphatic heterocycles. The molecule has 3 rings (SSSR count). The van der Waals surface area contributed by atoms with E-state index in [9.17, 15) is 0 Å². The lowest BCUT2D eigenvalue weighted by atomic mass is 10.1. The van der Waals surface area contributed by atoms with Crippen molar-refractivity contribution in [1.82, 2.24) is 0 Å². The molecule has 19 heavy (non-hydrogen) atoms. The standard InChI is InChI=1S/C16H15ClOS/c1-11-8-13(6-7-15(11)17)18-10-14-9-12-4-2-3-5-16(12)19-14/h2-8,14H,9-10H2,1H3. The van der Waals surface area contributed by atoms with E-state index in [0.29, 0.717) is 5.25 Å². The predicted octanol–water partition coefficient (Wildman–Crippen LogP) is 4.74. The zero-order valence-corrected chi connectivity index (χ0v) is 12.3. The Balaban J connectivity index is 1.61. The van der Waals surface area contributed by atoms with Gasteiger partial charge in [-0.2, -0.15) is 0 Å². The lowest BCUT2D eigenvalue weighted by Gasteiger charge is -2.11. The summed E-state index contributed by atoms with van der Waals surface area (Å²) in [5, 5.41) is 1.29. The van der Waals surface area contributed by atoms with E-state index in [-0.39, 0.29) is 0 Å². The van der Waals surface area contributed by atoms with Crippen LogP contribution in [0.25, 0.3) is 0 Å². The molecule has 2 aromatic carbocycles. The third-order valence-corrected chi connectivity index (χ3v) is 4.99. The first-order valence-electron chi connectivity index (χ1n) is 6.36. The zero-order chi connectivity index (χ0) is 13.2. The Labute approximate surface area is 122 Å². The van der Waals surface area contributed by atoms with Crippen molar-refractivity contribution in [2.75, 3.05) is 6.61 Å². The maximum atomic E-state index is 6.01. The highest BCUT2D eigenvalue weighted by molar-refractivity contribution is 8.00. The van der Waals surface area contributed by atoms with Gasteiger partial charge in [0, 0.05) is 15.2 Å². The number of fused-ring (bicyclic) bond motifs is 1. The van der Waals surface area contributed by atoms with Gasteiger partial charge < -0.3 is 4.74 Å². The summed E-state index contributed by atoms with van der Waals surface area (Å²) in [6, 6.07) is 14.4. The molecule has 1 nitrogen and oxygen atoms in total. The van der Waals surface area contributed by atoms with Crippen molar-refractivity contribution in [3.8, 4) is 5.75 Å². The molecular weight excluding hydrogens is 276 g/mol. The Morgan fingerprint density at radius 2 is 2.11 bits per heavy atom. The van der Waals surface area contributed by atoms with Gasteiger partial charge in [-0.05, 0) is 48.7 Å². The molecule has 98 valence electrons. The largest absolute Gasteiger partial charge is 0.492 e. The Bertz CT molecular complexity index is 572. The number of hydrogen-bond acceptors (Lipinski definition) is 2. The average Bonchev–Trinajstić information content (AvgIpc) is 2.83. The van der Waals surface area contributed by atoms with E-state index in [2.05, 4.69) is 24.3 Å². The Hall–Kier alpha value is -1.12. The molecule has 0 saturated carbocycles. The van der Waals surface area contributed by atoms with Gasteiger partial charge in [0.25, 0.3) is 0 Å². The summed E-state index contributed by atoms with van der Waals surface area (Å²) in [7, 11) is 0. The molecule has 0 spiro atoms. The van der Waals surface area contributed by atoms with Gasteiger partial charge in [0.2, 0.25) is 0 Å². The van der Waals surface area contributed by atoms with Crippen molar-refractivity contribution in [2.45, 2.75) is 23.5 Å². The molecule has 0 saturated heterocycles. The minimum absolute atomic E-state index is 0.508. The van der Waals surface area contributed by atoms with Crippen LogP contribution in [0.3, 0.4) is 0 Å². The summed E-state index contributed by atoms with van der Waals surface area (Å²) in [6.45, 7) is 2.73. The number of aryl methyl sites for hydroxylation is 1. The van der Waals surface area contributed by atoms with Gasteiger partial charge in [-0.25, -0.2) is 0 Å². The van der Waals surface area contributed by atoms with Crippen molar-refractivity contribution in [3.63, 3.8) is 0 Å². The van der Waals surface area contributed by atoms with Gasteiger partial charge in [0.15, 0.2) is 0 Å². The quantitative estimate of drug-likeness (QED) is 0.807. The lowest BCUT2D eigenvalue weighted by Crippen LogP contribution is -2.13. The van der Waals surface area contributed by atoms with Gasteiger partial charge in [-0.1, -0.05) is 29.8 Å². The predicted molar refractivity (Wildman–Crippen MR) is 81.5 cm³/mol. The molecule has 0 aromatic heterocycles. The molecule has 0 aliphatic carbocycles. The second-order valence-corrected chi connectivity index (χ2v) is 6.52. The minimum Gasteiger partial charge on any atom is -0.492 e. The average molecular weight is 291 g/mol. The summed E-state index contributed by atoms with van der Waals surface area (Å²) >= 11 is 7.92. The van der Waals surface area contributed by atoms with E-state index in [0.717, 1.165) is 29.4 Å². The summed E-state index contributed by atoms with van der Waals surface area (Å²) in [4.78, 5) is 1.39. The monoisotopic (exact) mass is 290 g/mol. The molecule has 0 N–H and O–H groups in total. The highest BCUT2D eigenvalue weighted by Crippen LogP contribution is 2.37. The maximum Gasteiger partial charge on any atom is 0.119 e. The van der Waals surface area contributed by atoms with E-state index in [1.165, 1.54) is 10.5 Å². The first-order chi connectivity index (χ1) is 9.22. The normalized spacial score (nSPS) is 17.3. The van der Waals surface area contributed by atoms with Crippen LogP contribution in [-0.2, 0) is 6.42 Å². The smallest absolute Gasteiger partial charge is 0.119 e. The molecule has 1 aliphatic rings. The van der Waals surface area contributed by atoms with Crippen molar-refractivity contribution in [3.05, 3.63) is 58.6 Å². The fourth-order valence-electron chi connectivity index (χ4n) is 2.24. The third-order valence-electron chi connectivity index (χ3n) is 3.28. The lowest BCUT2D eigenvalue weighted by molar-refractivity contribution is 0.317. The highest BCUT2D eigenvalue weighted by Gasteiger charge is 2.22. The molecule has 1 heterocycles. The van der Waals surface area contributed by atoms with Gasteiger partial charge in [0.1, 0.15) is 12.4 Å². The fraction of sp³-hybridized carbons (Fsp3) is 0.250. The SMILES string of the molecule is Cc1cc(OCC2Cc3ccccc3S2)ccc1Cl. The van der Waals surface area contributed by atoms with Crippen molar-refractivity contribution in [1.29, 1.82) is 0 Å². The van der Waals surface area contributed by atoms with E-state index in [1.807, 2.05) is 36.9 Å². The molecule has 1 unspecified atom stereocenters. The van der Waals surface area contributed by atoms with Crippen LogP contribution in [0.2, 0.25) is 5.02 Å². The summed E-state index contributed by atoms with van der Waals surface area (Å²) in [5.41, 5.74) is 2.50. The van der Waals surface area contributed by atoms with E-state index in [1.54, 1.807) is 0 Å². The summed E-state index contributed by atoms with van der Waals surface area (Å²) in [6.07, 6.45) is 1.09. The Morgan fingerprint density at radius 3 is 2.89 bits per heavy atom. The second-order valence-electron chi connectivity index (χ2n) is 4.77. The summed E-state index contributed by atoms with van der Waals surface area (Å²) < 4.78 is 5.88. The van der Waals surface area contributed by atoms with Crippen molar-refractivity contribution in [2.24, 2.45) is 0 Å². The van der Waals surface area contributed by atoms with E-state index >= 15 is 0 Å². The van der Waals surface area contributed by atoms with Crippen LogP contribution in [0.4, 0.5) is 0 Å². The van der Waals surface area contributed by atoms with Gasteiger partial charge in [0.05, 0.1) is 0 Å². The molecule has 3 heteroatoms. The fourth-order valence-corrected chi connectivity index (χ4v) is 3.58. The maximum absolute atomic E-state index is 6.01. The van der Waals surface area contributed by atoms with Crippen LogP contribution >= 0.6 is 23.4 Å². The molecule has 1 atom stereocenters. The topological polar surface area (TPSA) is 9.23 Å². The molecule has 0 radical (unpaired) electrons. The van der Waals surface area contributed by atoms with Crippen LogP contribution in [0, 0.1) is 6.92 Å². The van der Waals surface area contributed by atoms with Crippen LogP contribution in [0.15, 0.2) is 47.4 Å². The van der Waals surface area contributed by atoms with E-state index < -0.39 is 0 Å². The third kappa shape index (κ3) is 2.90. The molecule has 2 aromatic rings. The number of halogens is 1. The first-order valence-corrected chi connectivity index (χ1v) is 7.61. The number of rotatable bonds is 3. The molecular formula is C16H15ClOS. The van der Waals surface area contributed by atoms with Crippen LogP contribution in [0.1, 0.15) is 11.1 Å². The first kappa shape index (κ1) is 12.9. The Morgan fingerprint density at radius 1 is 1.26 bits per heavy atom. The van der Waals surface area contributed by atoms with Crippen molar-refractivity contribution >= 4 is 23.4 Å².